The zero-order valence-electron chi connectivity index (χ0n) is 9.93. The van der Waals surface area contributed by atoms with Crippen LogP contribution in [0.5, 0.6) is 0 Å². The minimum absolute atomic E-state index is 0.432. The van der Waals surface area contributed by atoms with Gasteiger partial charge in [0.25, 0.3) is 0 Å². The van der Waals surface area contributed by atoms with Crippen LogP contribution in [0.3, 0.4) is 0 Å². The third kappa shape index (κ3) is 3.35. The molecule has 1 atom stereocenters. The highest BCUT2D eigenvalue weighted by Gasteiger charge is 2.16. The van der Waals surface area contributed by atoms with Gasteiger partial charge >= 0.3 is 5.97 Å². The summed E-state index contributed by atoms with van der Waals surface area (Å²) in [5.41, 5.74) is 2.11. The molecule has 88 valence electrons. The second-order valence-electron chi connectivity index (χ2n) is 4.47. The van der Waals surface area contributed by atoms with Crippen molar-refractivity contribution in [3.05, 3.63) is 35.4 Å². The molecular weight excluding hydrogens is 204 g/mol. The second kappa shape index (κ2) is 5.66. The molecule has 3 heteroatoms. The fourth-order valence-corrected chi connectivity index (χ4v) is 1.63. The van der Waals surface area contributed by atoms with Crippen molar-refractivity contribution in [1.82, 2.24) is 0 Å². The van der Waals surface area contributed by atoms with Gasteiger partial charge in [-0.3, -0.25) is 0 Å². The number of carbonyl (C=O) groups is 1. The summed E-state index contributed by atoms with van der Waals surface area (Å²) in [7, 11) is 0. The molecule has 0 spiro atoms. The third-order valence-electron chi connectivity index (χ3n) is 2.57. The largest absolute Gasteiger partial charge is 0.349 e. The Morgan fingerprint density at radius 1 is 1.25 bits per heavy atom. The van der Waals surface area contributed by atoms with Gasteiger partial charge in [-0.25, -0.2) is 4.79 Å². The second-order valence-corrected chi connectivity index (χ2v) is 4.47. The van der Waals surface area contributed by atoms with E-state index in [4.69, 9.17) is 5.26 Å². The summed E-state index contributed by atoms with van der Waals surface area (Å²) in [5, 5.41) is 8.29. The summed E-state index contributed by atoms with van der Waals surface area (Å²) in [4.78, 5) is 14.8. The standard InChI is InChI=1S/C13H18O3/c1-9(2)8-11-4-6-12(7-5-11)10(3)13(14)16-15/h4-7,9-10,15H,8H2,1-3H3. The lowest BCUT2D eigenvalue weighted by Crippen LogP contribution is -2.11. The monoisotopic (exact) mass is 222 g/mol. The van der Waals surface area contributed by atoms with E-state index in [9.17, 15) is 4.79 Å². The zero-order chi connectivity index (χ0) is 12.1. The number of rotatable bonds is 4. The minimum atomic E-state index is -0.628. The normalized spacial score (nSPS) is 12.6. The molecule has 1 N–H and O–H groups in total. The van der Waals surface area contributed by atoms with Crippen LogP contribution in [0.4, 0.5) is 0 Å². The van der Waals surface area contributed by atoms with Crippen LogP contribution in [0.2, 0.25) is 0 Å². The summed E-state index contributed by atoms with van der Waals surface area (Å²) in [6.45, 7) is 6.04. The lowest BCUT2D eigenvalue weighted by molar-refractivity contribution is -0.235. The van der Waals surface area contributed by atoms with Gasteiger partial charge in [-0.15, -0.1) is 0 Å². The zero-order valence-corrected chi connectivity index (χ0v) is 9.93. The highest BCUT2D eigenvalue weighted by molar-refractivity contribution is 5.76. The molecule has 0 saturated carbocycles. The van der Waals surface area contributed by atoms with Gasteiger partial charge in [0.2, 0.25) is 0 Å². The van der Waals surface area contributed by atoms with E-state index in [0.29, 0.717) is 5.92 Å². The van der Waals surface area contributed by atoms with E-state index in [1.807, 2.05) is 24.3 Å². The van der Waals surface area contributed by atoms with Gasteiger partial charge < -0.3 is 4.89 Å². The Hall–Kier alpha value is -1.35. The van der Waals surface area contributed by atoms with Crippen molar-refractivity contribution in [3.8, 4) is 0 Å². The number of carbonyl (C=O) groups excluding carboxylic acids is 1. The molecule has 16 heavy (non-hydrogen) atoms. The van der Waals surface area contributed by atoms with Crippen LogP contribution < -0.4 is 0 Å². The van der Waals surface area contributed by atoms with Crippen molar-refractivity contribution < 1.29 is 14.9 Å². The van der Waals surface area contributed by atoms with E-state index in [-0.39, 0.29) is 0 Å². The molecule has 1 rings (SSSR count). The Bertz CT molecular complexity index is 341. The van der Waals surface area contributed by atoms with Gasteiger partial charge in [0, 0.05) is 0 Å². The number of hydrogen-bond donors (Lipinski definition) is 1. The van der Waals surface area contributed by atoms with Crippen LogP contribution in [0, 0.1) is 5.92 Å². The Morgan fingerprint density at radius 3 is 2.25 bits per heavy atom. The van der Waals surface area contributed by atoms with Crippen LogP contribution >= 0.6 is 0 Å². The van der Waals surface area contributed by atoms with Crippen LogP contribution in [-0.4, -0.2) is 11.2 Å². The molecule has 0 fully saturated rings. The van der Waals surface area contributed by atoms with Crippen molar-refractivity contribution in [1.29, 1.82) is 0 Å². The van der Waals surface area contributed by atoms with Gasteiger partial charge in [0.1, 0.15) is 0 Å². The van der Waals surface area contributed by atoms with Gasteiger partial charge in [0.15, 0.2) is 0 Å². The fourth-order valence-electron chi connectivity index (χ4n) is 1.63. The molecule has 3 nitrogen and oxygen atoms in total. The van der Waals surface area contributed by atoms with Crippen LogP contribution in [0.15, 0.2) is 24.3 Å². The van der Waals surface area contributed by atoms with Crippen LogP contribution in [0.25, 0.3) is 0 Å². The van der Waals surface area contributed by atoms with E-state index >= 15 is 0 Å². The Labute approximate surface area is 96.0 Å². The van der Waals surface area contributed by atoms with E-state index < -0.39 is 11.9 Å². The van der Waals surface area contributed by atoms with Gasteiger partial charge in [-0.2, -0.15) is 5.26 Å². The maximum absolute atomic E-state index is 11.1. The third-order valence-corrected chi connectivity index (χ3v) is 2.57. The predicted octanol–water partition coefficient (Wildman–Crippen LogP) is 3.00. The summed E-state index contributed by atoms with van der Waals surface area (Å²) in [5.74, 6) is -0.444. The molecule has 1 aromatic carbocycles. The summed E-state index contributed by atoms with van der Waals surface area (Å²) < 4.78 is 0. The molecule has 1 unspecified atom stereocenters. The van der Waals surface area contributed by atoms with Crippen LogP contribution in [0.1, 0.15) is 37.8 Å². The first-order valence-electron chi connectivity index (χ1n) is 5.48. The molecule has 0 aliphatic heterocycles. The highest BCUT2D eigenvalue weighted by atomic mass is 17.1. The van der Waals surface area contributed by atoms with Crippen molar-refractivity contribution in [2.24, 2.45) is 5.92 Å². The molecule has 0 heterocycles. The number of hydrogen-bond acceptors (Lipinski definition) is 3. The Morgan fingerprint density at radius 2 is 1.81 bits per heavy atom. The van der Waals surface area contributed by atoms with Crippen molar-refractivity contribution in [2.45, 2.75) is 33.1 Å². The van der Waals surface area contributed by atoms with E-state index in [1.54, 1.807) is 6.92 Å². The lowest BCUT2D eigenvalue weighted by atomic mass is 9.97. The molecule has 0 aliphatic rings. The van der Waals surface area contributed by atoms with Gasteiger partial charge in [-0.05, 0) is 30.4 Å². The summed E-state index contributed by atoms with van der Waals surface area (Å²) >= 11 is 0. The molecule has 0 aliphatic carbocycles. The molecule has 0 aromatic heterocycles. The van der Waals surface area contributed by atoms with E-state index in [1.165, 1.54) is 5.56 Å². The Balaban J connectivity index is 2.74. The molecule has 0 amide bonds. The van der Waals surface area contributed by atoms with Crippen molar-refractivity contribution in [2.75, 3.05) is 0 Å². The van der Waals surface area contributed by atoms with Gasteiger partial charge in [0.05, 0.1) is 5.92 Å². The molecule has 0 saturated heterocycles. The maximum Gasteiger partial charge on any atom is 0.349 e. The molecular formula is C13H18O3. The topological polar surface area (TPSA) is 46.5 Å². The highest BCUT2D eigenvalue weighted by Crippen LogP contribution is 2.18. The smallest absolute Gasteiger partial charge is 0.300 e. The van der Waals surface area contributed by atoms with Gasteiger partial charge in [-0.1, -0.05) is 38.1 Å². The first-order valence-corrected chi connectivity index (χ1v) is 5.48. The first-order chi connectivity index (χ1) is 7.54. The predicted molar refractivity (Wildman–Crippen MR) is 62.1 cm³/mol. The SMILES string of the molecule is CC(C)Cc1ccc(C(C)C(=O)OO)cc1. The summed E-state index contributed by atoms with van der Waals surface area (Å²) in [6, 6.07) is 7.82. The molecule has 0 bridgehead atoms. The number of benzene rings is 1. The van der Waals surface area contributed by atoms with Crippen molar-refractivity contribution >= 4 is 5.97 Å². The maximum atomic E-state index is 11.1. The minimum Gasteiger partial charge on any atom is -0.300 e. The summed E-state index contributed by atoms with van der Waals surface area (Å²) in [6.07, 6.45) is 1.03. The van der Waals surface area contributed by atoms with Crippen molar-refractivity contribution in [3.63, 3.8) is 0 Å². The van der Waals surface area contributed by atoms with E-state index in [2.05, 4.69) is 18.7 Å². The molecule has 0 radical (unpaired) electrons. The lowest BCUT2D eigenvalue weighted by Gasteiger charge is -2.09. The fraction of sp³-hybridized carbons (Fsp3) is 0.462. The molecule has 1 aromatic rings. The Kier molecular flexibility index (Phi) is 4.50. The van der Waals surface area contributed by atoms with Crippen LogP contribution in [-0.2, 0) is 16.1 Å². The average Bonchev–Trinajstić information content (AvgIpc) is 2.27. The first kappa shape index (κ1) is 12.7. The quantitative estimate of drug-likeness (QED) is 0.629. The average molecular weight is 222 g/mol. The van der Waals surface area contributed by atoms with E-state index in [0.717, 1.165) is 12.0 Å².